The molecular formula is C18H13Cl3. The summed E-state index contributed by atoms with van der Waals surface area (Å²) in [6.07, 6.45) is 0. The van der Waals surface area contributed by atoms with Crippen molar-refractivity contribution >= 4 is 45.6 Å². The van der Waals surface area contributed by atoms with Crippen molar-refractivity contribution < 1.29 is 0 Å². The van der Waals surface area contributed by atoms with E-state index < -0.39 is 0 Å². The summed E-state index contributed by atoms with van der Waals surface area (Å²) in [5.74, 6) is 0. The third kappa shape index (κ3) is 2.76. The lowest BCUT2D eigenvalue weighted by molar-refractivity contribution is 1.15. The monoisotopic (exact) mass is 334 g/mol. The second-order valence-electron chi connectivity index (χ2n) is 5.07. The van der Waals surface area contributed by atoms with E-state index >= 15 is 0 Å². The van der Waals surface area contributed by atoms with Crippen molar-refractivity contribution in [3.63, 3.8) is 0 Å². The molecule has 0 heterocycles. The molecule has 3 aromatic carbocycles. The summed E-state index contributed by atoms with van der Waals surface area (Å²) < 4.78 is 0. The minimum absolute atomic E-state index is 0.305. The van der Waals surface area contributed by atoms with Crippen LogP contribution in [-0.2, 0) is 0 Å². The van der Waals surface area contributed by atoms with Crippen LogP contribution in [0, 0.1) is 6.92 Å². The molecule has 3 heteroatoms. The molecule has 0 radical (unpaired) electrons. The molecule has 0 amide bonds. The topological polar surface area (TPSA) is 0 Å². The van der Waals surface area contributed by atoms with Crippen molar-refractivity contribution in [2.24, 2.45) is 0 Å². The van der Waals surface area contributed by atoms with Crippen LogP contribution in [0.25, 0.3) is 10.8 Å². The number of hydrogen-bond donors (Lipinski definition) is 0. The molecule has 0 nitrogen and oxygen atoms in total. The number of halogens is 3. The molecule has 0 aliphatic carbocycles. The Morgan fingerprint density at radius 1 is 0.762 bits per heavy atom. The fourth-order valence-electron chi connectivity index (χ4n) is 2.51. The van der Waals surface area contributed by atoms with E-state index in [9.17, 15) is 0 Å². The van der Waals surface area contributed by atoms with E-state index in [2.05, 4.69) is 0 Å². The van der Waals surface area contributed by atoms with Gasteiger partial charge in [0, 0.05) is 15.4 Å². The number of alkyl halides is 1. The van der Waals surface area contributed by atoms with Crippen molar-refractivity contribution in [1.29, 1.82) is 0 Å². The normalized spacial score (nSPS) is 12.6. The van der Waals surface area contributed by atoms with Crippen LogP contribution in [0.1, 0.15) is 22.1 Å². The third-order valence-corrected chi connectivity index (χ3v) is 4.73. The molecule has 0 fully saturated rings. The fraction of sp³-hybridized carbons (Fsp3) is 0.111. The molecule has 1 atom stereocenters. The van der Waals surface area contributed by atoms with Gasteiger partial charge in [-0.3, -0.25) is 0 Å². The summed E-state index contributed by atoms with van der Waals surface area (Å²) in [4.78, 5) is 0. The molecule has 0 bridgehead atoms. The minimum Gasteiger partial charge on any atom is -0.113 e. The summed E-state index contributed by atoms with van der Waals surface area (Å²) in [6.45, 7) is 2.01. The van der Waals surface area contributed by atoms with Gasteiger partial charge in [-0.15, -0.1) is 11.6 Å². The lowest BCUT2D eigenvalue weighted by Gasteiger charge is -2.16. The highest BCUT2D eigenvalue weighted by molar-refractivity contribution is 6.36. The molecule has 1 unspecified atom stereocenters. The van der Waals surface area contributed by atoms with Crippen molar-refractivity contribution in [2.45, 2.75) is 12.3 Å². The van der Waals surface area contributed by atoms with Gasteiger partial charge in [0.15, 0.2) is 0 Å². The summed E-state index contributed by atoms with van der Waals surface area (Å²) >= 11 is 19.3. The van der Waals surface area contributed by atoms with Gasteiger partial charge < -0.3 is 0 Å². The highest BCUT2D eigenvalue weighted by Crippen LogP contribution is 2.39. The molecule has 0 saturated heterocycles. The van der Waals surface area contributed by atoms with Gasteiger partial charge >= 0.3 is 0 Å². The highest BCUT2D eigenvalue weighted by Gasteiger charge is 2.17. The Hall–Kier alpha value is -1.21. The smallest absolute Gasteiger partial charge is 0.0855 e. The molecule has 0 aliphatic heterocycles. The van der Waals surface area contributed by atoms with Crippen LogP contribution in [0.3, 0.4) is 0 Å². The Labute approximate surface area is 139 Å². The molecule has 3 aromatic rings. The van der Waals surface area contributed by atoms with E-state index in [1.807, 2.05) is 61.5 Å². The third-order valence-electron chi connectivity index (χ3n) is 3.61. The van der Waals surface area contributed by atoms with Gasteiger partial charge in [-0.25, -0.2) is 0 Å². The summed E-state index contributed by atoms with van der Waals surface area (Å²) in [6, 6.07) is 17.8. The van der Waals surface area contributed by atoms with Gasteiger partial charge in [-0.1, -0.05) is 65.7 Å². The number of benzene rings is 3. The zero-order valence-electron chi connectivity index (χ0n) is 11.4. The minimum atomic E-state index is -0.305. The SMILES string of the molecule is Cc1ccc(C(Cl)c2ccc(Cl)c3ccccc23)c(Cl)c1. The molecule has 106 valence electrons. The molecule has 3 rings (SSSR count). The first-order chi connectivity index (χ1) is 10.1. The zero-order valence-corrected chi connectivity index (χ0v) is 13.7. The van der Waals surface area contributed by atoms with Crippen LogP contribution >= 0.6 is 34.8 Å². The fourth-order valence-corrected chi connectivity index (χ4v) is 3.52. The second kappa shape index (κ2) is 5.88. The van der Waals surface area contributed by atoms with Gasteiger partial charge in [0.25, 0.3) is 0 Å². The van der Waals surface area contributed by atoms with E-state index in [0.29, 0.717) is 5.02 Å². The zero-order chi connectivity index (χ0) is 15.0. The standard InChI is InChI=1S/C18H13Cl3/c1-11-6-7-15(17(20)10-11)18(21)14-8-9-16(19)13-5-3-2-4-12(13)14/h2-10,18H,1H3. The lowest BCUT2D eigenvalue weighted by atomic mass is 9.97. The van der Waals surface area contributed by atoms with E-state index in [4.69, 9.17) is 34.8 Å². The Bertz CT molecular complexity index is 809. The van der Waals surface area contributed by atoms with Gasteiger partial charge in [0.2, 0.25) is 0 Å². The first kappa shape index (κ1) is 14.7. The second-order valence-corrected chi connectivity index (χ2v) is 6.32. The Morgan fingerprint density at radius 2 is 1.43 bits per heavy atom. The molecular weight excluding hydrogens is 323 g/mol. The molecule has 0 aromatic heterocycles. The summed E-state index contributed by atoms with van der Waals surface area (Å²) in [5.41, 5.74) is 3.05. The molecule has 0 N–H and O–H groups in total. The average molecular weight is 336 g/mol. The number of hydrogen-bond acceptors (Lipinski definition) is 0. The molecule has 0 aliphatic rings. The quantitative estimate of drug-likeness (QED) is 0.453. The van der Waals surface area contributed by atoms with Crippen LogP contribution < -0.4 is 0 Å². The predicted octanol–water partition coefficient (Wildman–Crippen LogP) is 6.78. The van der Waals surface area contributed by atoms with Crippen LogP contribution in [0.5, 0.6) is 0 Å². The van der Waals surface area contributed by atoms with Gasteiger partial charge in [-0.2, -0.15) is 0 Å². The number of fused-ring (bicyclic) bond motifs is 1. The molecule has 0 saturated carbocycles. The maximum Gasteiger partial charge on any atom is 0.0855 e. The van der Waals surface area contributed by atoms with Gasteiger partial charge in [-0.05, 0) is 41.1 Å². The Balaban J connectivity index is 2.18. The number of aryl methyl sites for hydroxylation is 1. The van der Waals surface area contributed by atoms with E-state index in [0.717, 1.165) is 32.5 Å². The maximum atomic E-state index is 6.69. The first-order valence-electron chi connectivity index (χ1n) is 6.65. The largest absolute Gasteiger partial charge is 0.113 e. The summed E-state index contributed by atoms with van der Waals surface area (Å²) in [5, 5.41) is 3.18. The van der Waals surface area contributed by atoms with Crippen molar-refractivity contribution in [3.8, 4) is 0 Å². The predicted molar refractivity (Wildman–Crippen MR) is 92.8 cm³/mol. The Kier molecular flexibility index (Phi) is 4.12. The molecule has 21 heavy (non-hydrogen) atoms. The van der Waals surface area contributed by atoms with Crippen molar-refractivity contribution in [3.05, 3.63) is 81.3 Å². The number of rotatable bonds is 2. The molecule has 0 spiro atoms. The van der Waals surface area contributed by atoms with Crippen LogP contribution in [0.15, 0.2) is 54.6 Å². The van der Waals surface area contributed by atoms with E-state index in [1.54, 1.807) is 0 Å². The van der Waals surface area contributed by atoms with E-state index in [1.165, 1.54) is 0 Å². The average Bonchev–Trinajstić information content (AvgIpc) is 2.47. The first-order valence-corrected chi connectivity index (χ1v) is 7.84. The summed E-state index contributed by atoms with van der Waals surface area (Å²) in [7, 11) is 0. The van der Waals surface area contributed by atoms with Gasteiger partial charge in [0.1, 0.15) is 0 Å². The van der Waals surface area contributed by atoms with Crippen LogP contribution in [-0.4, -0.2) is 0 Å². The highest BCUT2D eigenvalue weighted by atomic mass is 35.5. The van der Waals surface area contributed by atoms with Crippen LogP contribution in [0.4, 0.5) is 0 Å². The Morgan fingerprint density at radius 3 is 2.14 bits per heavy atom. The van der Waals surface area contributed by atoms with Crippen molar-refractivity contribution in [1.82, 2.24) is 0 Å². The van der Waals surface area contributed by atoms with Crippen LogP contribution in [0.2, 0.25) is 10.0 Å². The lowest BCUT2D eigenvalue weighted by Crippen LogP contribution is -1.96. The van der Waals surface area contributed by atoms with Crippen molar-refractivity contribution in [2.75, 3.05) is 0 Å². The van der Waals surface area contributed by atoms with E-state index in [-0.39, 0.29) is 5.38 Å². The maximum absolute atomic E-state index is 6.69. The van der Waals surface area contributed by atoms with Gasteiger partial charge in [0.05, 0.1) is 5.38 Å².